The molecule has 1 N–H and O–H groups in total. The van der Waals surface area contributed by atoms with Crippen LogP contribution in [0.15, 0.2) is 23.4 Å². The first kappa shape index (κ1) is 12.3. The highest BCUT2D eigenvalue weighted by Crippen LogP contribution is 2.33. The fourth-order valence-corrected chi connectivity index (χ4v) is 2.39. The molecule has 0 amide bonds. The maximum Gasteiger partial charge on any atom is 0.350 e. The van der Waals surface area contributed by atoms with Crippen LogP contribution in [0.1, 0.15) is 26.2 Å². The van der Waals surface area contributed by atoms with Crippen LogP contribution in [0.25, 0.3) is 5.65 Å². The molecule has 0 spiro atoms. The summed E-state index contributed by atoms with van der Waals surface area (Å²) in [4.78, 5) is 16.2. The number of fused-ring (bicyclic) bond motifs is 1. The maximum absolute atomic E-state index is 12.2. The Bertz CT molecular complexity index is 613. The summed E-state index contributed by atoms with van der Waals surface area (Å²) in [5, 5.41) is 7.86. The summed E-state index contributed by atoms with van der Waals surface area (Å²) in [6.45, 7) is 3.79. The van der Waals surface area contributed by atoms with E-state index in [9.17, 15) is 4.79 Å². The number of hydrogen-bond acceptors (Lipinski definition) is 4. The van der Waals surface area contributed by atoms with E-state index in [1.807, 2.05) is 0 Å². The molecule has 2 aromatic heterocycles. The van der Waals surface area contributed by atoms with Crippen LogP contribution in [0, 0.1) is 5.92 Å². The lowest BCUT2D eigenvalue weighted by Gasteiger charge is -2.16. The Hall–Kier alpha value is -1.69. The molecule has 6 nitrogen and oxygen atoms in total. The number of rotatable bonds is 6. The van der Waals surface area contributed by atoms with E-state index >= 15 is 0 Å². The van der Waals surface area contributed by atoms with Gasteiger partial charge in [-0.15, -0.1) is 5.10 Å². The van der Waals surface area contributed by atoms with Gasteiger partial charge in [0.2, 0.25) is 0 Å². The Labute approximate surface area is 111 Å². The van der Waals surface area contributed by atoms with E-state index in [2.05, 4.69) is 22.3 Å². The van der Waals surface area contributed by atoms with Gasteiger partial charge in [-0.1, -0.05) is 6.92 Å². The molecule has 0 radical (unpaired) electrons. The lowest BCUT2D eigenvalue weighted by molar-refractivity contribution is 0.384. The number of nitrogens with zero attached hydrogens (tertiary/aromatic N) is 4. The summed E-state index contributed by atoms with van der Waals surface area (Å²) in [5.74, 6) is 0.696. The van der Waals surface area contributed by atoms with Crippen molar-refractivity contribution in [2.24, 2.45) is 5.92 Å². The highest BCUT2D eigenvalue weighted by molar-refractivity contribution is 5.31. The van der Waals surface area contributed by atoms with Crippen molar-refractivity contribution in [3.63, 3.8) is 0 Å². The van der Waals surface area contributed by atoms with E-state index < -0.39 is 0 Å². The first-order chi connectivity index (χ1) is 9.29. The number of nitrogens with one attached hydrogen (secondary N) is 1. The van der Waals surface area contributed by atoms with Crippen LogP contribution in [-0.2, 0) is 6.54 Å². The Balaban J connectivity index is 1.83. The Morgan fingerprint density at radius 1 is 1.53 bits per heavy atom. The second kappa shape index (κ2) is 5.13. The second-order valence-corrected chi connectivity index (χ2v) is 5.17. The van der Waals surface area contributed by atoms with E-state index in [1.54, 1.807) is 23.3 Å². The Kier molecular flexibility index (Phi) is 3.33. The predicted molar refractivity (Wildman–Crippen MR) is 72.1 cm³/mol. The van der Waals surface area contributed by atoms with Gasteiger partial charge in [-0.2, -0.15) is 0 Å². The molecule has 3 rings (SSSR count). The molecule has 0 aromatic carbocycles. The van der Waals surface area contributed by atoms with Crippen molar-refractivity contribution in [1.29, 1.82) is 0 Å². The largest absolute Gasteiger partial charge is 0.350 e. The summed E-state index contributed by atoms with van der Waals surface area (Å²) >= 11 is 0. The highest BCUT2D eigenvalue weighted by Gasteiger charge is 2.31. The summed E-state index contributed by atoms with van der Waals surface area (Å²) in [5.41, 5.74) is 0.527. The average Bonchev–Trinajstić information content (AvgIpc) is 3.22. The fourth-order valence-electron chi connectivity index (χ4n) is 2.39. The molecule has 1 unspecified atom stereocenters. The maximum atomic E-state index is 12.2. The third kappa shape index (κ3) is 2.53. The van der Waals surface area contributed by atoms with Crippen LogP contribution in [0.5, 0.6) is 0 Å². The summed E-state index contributed by atoms with van der Waals surface area (Å²) in [7, 11) is 0. The molecule has 2 aromatic rings. The lowest BCUT2D eigenvalue weighted by Crippen LogP contribution is -2.38. The molecule has 1 aliphatic carbocycles. The molecule has 2 heterocycles. The molecule has 0 saturated heterocycles. The average molecular weight is 261 g/mol. The third-order valence-corrected chi connectivity index (χ3v) is 3.61. The molecule has 1 fully saturated rings. The minimum atomic E-state index is -0.0821. The van der Waals surface area contributed by atoms with Crippen LogP contribution in [0.3, 0.4) is 0 Å². The zero-order chi connectivity index (χ0) is 13.2. The van der Waals surface area contributed by atoms with Crippen LogP contribution in [0.4, 0.5) is 0 Å². The van der Waals surface area contributed by atoms with Gasteiger partial charge < -0.3 is 5.32 Å². The minimum absolute atomic E-state index is 0.0821. The van der Waals surface area contributed by atoms with Gasteiger partial charge in [0, 0.05) is 18.4 Å². The SMILES string of the molecule is CCCNC(Cn1nc2cnccn2c1=O)C1CC1. The van der Waals surface area contributed by atoms with Crippen LogP contribution in [-0.4, -0.2) is 31.8 Å². The normalized spacial score (nSPS) is 16.9. The van der Waals surface area contributed by atoms with Crippen molar-refractivity contribution < 1.29 is 0 Å². The van der Waals surface area contributed by atoms with Gasteiger partial charge in [0.1, 0.15) is 0 Å². The van der Waals surface area contributed by atoms with Crippen molar-refractivity contribution in [3.8, 4) is 0 Å². The van der Waals surface area contributed by atoms with Gasteiger partial charge in [-0.25, -0.2) is 13.9 Å². The molecule has 102 valence electrons. The molecule has 19 heavy (non-hydrogen) atoms. The molecule has 0 bridgehead atoms. The monoisotopic (exact) mass is 261 g/mol. The summed E-state index contributed by atoms with van der Waals surface area (Å²) < 4.78 is 3.10. The Morgan fingerprint density at radius 3 is 3.05 bits per heavy atom. The van der Waals surface area contributed by atoms with Gasteiger partial charge in [0.25, 0.3) is 0 Å². The third-order valence-electron chi connectivity index (χ3n) is 3.61. The predicted octanol–water partition coefficient (Wildman–Crippen LogP) is 0.669. The molecule has 1 aliphatic rings. The van der Waals surface area contributed by atoms with Crippen LogP contribution < -0.4 is 11.0 Å². The summed E-state index contributed by atoms with van der Waals surface area (Å²) in [6, 6.07) is 0.357. The van der Waals surface area contributed by atoms with Gasteiger partial charge in [-0.3, -0.25) is 4.98 Å². The van der Waals surface area contributed by atoms with Crippen molar-refractivity contribution in [1.82, 2.24) is 24.5 Å². The van der Waals surface area contributed by atoms with Gasteiger partial charge >= 0.3 is 5.69 Å². The summed E-state index contributed by atoms with van der Waals surface area (Å²) in [6.07, 6.45) is 8.49. The smallest absolute Gasteiger partial charge is 0.312 e. The number of hydrogen-bond donors (Lipinski definition) is 1. The fraction of sp³-hybridized carbons (Fsp3) is 0.615. The topological polar surface area (TPSA) is 64.2 Å². The molecule has 1 atom stereocenters. The zero-order valence-corrected chi connectivity index (χ0v) is 11.1. The van der Waals surface area contributed by atoms with E-state index in [1.165, 1.54) is 17.2 Å². The van der Waals surface area contributed by atoms with E-state index in [0.717, 1.165) is 13.0 Å². The quantitative estimate of drug-likeness (QED) is 0.830. The van der Waals surface area contributed by atoms with E-state index in [4.69, 9.17) is 0 Å². The first-order valence-corrected chi connectivity index (χ1v) is 6.92. The zero-order valence-electron chi connectivity index (χ0n) is 11.1. The molecular formula is C13H19N5O. The second-order valence-electron chi connectivity index (χ2n) is 5.17. The van der Waals surface area contributed by atoms with Crippen LogP contribution >= 0.6 is 0 Å². The van der Waals surface area contributed by atoms with Gasteiger partial charge in [0.15, 0.2) is 5.65 Å². The molecular weight excluding hydrogens is 242 g/mol. The van der Waals surface area contributed by atoms with E-state index in [0.29, 0.717) is 24.2 Å². The van der Waals surface area contributed by atoms with Crippen molar-refractivity contribution in [3.05, 3.63) is 29.1 Å². The van der Waals surface area contributed by atoms with Crippen molar-refractivity contribution in [2.45, 2.75) is 38.8 Å². The van der Waals surface area contributed by atoms with Crippen molar-refractivity contribution in [2.75, 3.05) is 6.54 Å². The lowest BCUT2D eigenvalue weighted by atomic mass is 10.2. The molecule has 6 heteroatoms. The van der Waals surface area contributed by atoms with Gasteiger partial charge in [0.05, 0.1) is 12.7 Å². The highest BCUT2D eigenvalue weighted by atomic mass is 16.2. The van der Waals surface area contributed by atoms with E-state index in [-0.39, 0.29) is 5.69 Å². The number of aromatic nitrogens is 4. The van der Waals surface area contributed by atoms with Gasteiger partial charge in [-0.05, 0) is 31.7 Å². The molecule has 1 saturated carbocycles. The first-order valence-electron chi connectivity index (χ1n) is 6.92. The molecule has 0 aliphatic heterocycles. The minimum Gasteiger partial charge on any atom is -0.312 e. The van der Waals surface area contributed by atoms with Crippen molar-refractivity contribution >= 4 is 5.65 Å². The van der Waals surface area contributed by atoms with Crippen LogP contribution in [0.2, 0.25) is 0 Å². The Morgan fingerprint density at radius 2 is 2.37 bits per heavy atom. The standard InChI is InChI=1S/C13H19N5O/c1-2-5-15-11(10-3-4-10)9-18-13(19)17-7-6-14-8-12(17)16-18/h6-8,10-11,15H,2-5,9H2,1H3.